The SMILES string of the molecule is O=C(/C=C/C1CCS(=O)(=O)N1CCCc1ccc(C(=O)O)s1)Cc1cccc(C(F)(F)F)c1. The topological polar surface area (TPSA) is 91.8 Å². The molecule has 178 valence electrons. The van der Waals surface area contributed by atoms with E-state index in [4.69, 9.17) is 5.11 Å². The number of thiophene rings is 1. The molecule has 3 rings (SSSR count). The van der Waals surface area contributed by atoms with E-state index >= 15 is 0 Å². The molecule has 0 bridgehead atoms. The first-order valence-electron chi connectivity index (χ1n) is 10.1. The number of carbonyl (C=O) groups excluding carboxylic acids is 1. The first-order valence-corrected chi connectivity index (χ1v) is 12.6. The Balaban J connectivity index is 1.59. The first-order chi connectivity index (χ1) is 15.5. The molecular weight excluding hydrogens is 479 g/mol. The van der Waals surface area contributed by atoms with Gasteiger partial charge in [0.25, 0.3) is 0 Å². The van der Waals surface area contributed by atoms with Crippen molar-refractivity contribution in [3.63, 3.8) is 0 Å². The molecule has 1 aliphatic rings. The van der Waals surface area contributed by atoms with Crippen LogP contribution >= 0.6 is 11.3 Å². The van der Waals surface area contributed by atoms with Crippen LogP contribution in [0.25, 0.3) is 0 Å². The first kappa shape index (κ1) is 25.1. The maximum absolute atomic E-state index is 12.8. The predicted octanol–water partition coefficient (Wildman–Crippen LogP) is 4.17. The van der Waals surface area contributed by atoms with Crippen molar-refractivity contribution in [2.24, 2.45) is 0 Å². The molecular formula is C22H22F3NO5S2. The zero-order valence-electron chi connectivity index (χ0n) is 17.4. The minimum atomic E-state index is -4.49. The number of carbonyl (C=O) groups is 2. The van der Waals surface area contributed by atoms with E-state index in [9.17, 15) is 31.2 Å². The summed E-state index contributed by atoms with van der Waals surface area (Å²) >= 11 is 1.15. The Morgan fingerprint density at radius 3 is 2.64 bits per heavy atom. The van der Waals surface area contributed by atoms with E-state index in [0.29, 0.717) is 19.3 Å². The summed E-state index contributed by atoms with van der Waals surface area (Å²) in [6, 6.07) is 7.26. The summed E-state index contributed by atoms with van der Waals surface area (Å²) < 4.78 is 64.6. The van der Waals surface area contributed by atoms with Crippen LogP contribution < -0.4 is 0 Å². The molecule has 1 aliphatic heterocycles. The Hall–Kier alpha value is -2.50. The van der Waals surface area contributed by atoms with Crippen molar-refractivity contribution in [3.8, 4) is 0 Å². The average Bonchev–Trinajstić information content (AvgIpc) is 3.31. The van der Waals surface area contributed by atoms with Gasteiger partial charge in [-0.3, -0.25) is 4.79 Å². The lowest BCUT2D eigenvalue weighted by Gasteiger charge is -2.20. The number of carboxylic acid groups (broad SMARTS) is 1. The molecule has 1 unspecified atom stereocenters. The normalized spacial score (nSPS) is 18.7. The molecule has 1 N–H and O–H groups in total. The van der Waals surface area contributed by atoms with Crippen molar-refractivity contribution < 1.29 is 36.3 Å². The molecule has 0 spiro atoms. The van der Waals surface area contributed by atoms with E-state index in [-0.39, 0.29) is 29.2 Å². The second-order valence-electron chi connectivity index (χ2n) is 7.66. The van der Waals surface area contributed by atoms with E-state index in [1.165, 1.54) is 34.7 Å². The summed E-state index contributed by atoms with van der Waals surface area (Å²) in [5.74, 6) is -1.47. The van der Waals surface area contributed by atoms with Gasteiger partial charge in [0, 0.05) is 23.9 Å². The number of allylic oxidation sites excluding steroid dienone is 1. The van der Waals surface area contributed by atoms with Crippen LogP contribution in [0.1, 0.15) is 38.5 Å². The lowest BCUT2D eigenvalue weighted by molar-refractivity contribution is -0.137. The fraction of sp³-hybridized carbons (Fsp3) is 0.364. The molecule has 1 fully saturated rings. The van der Waals surface area contributed by atoms with Crippen molar-refractivity contribution in [1.82, 2.24) is 4.31 Å². The summed E-state index contributed by atoms with van der Waals surface area (Å²) in [4.78, 5) is 24.3. The van der Waals surface area contributed by atoms with Crippen LogP contribution in [0, 0.1) is 0 Å². The van der Waals surface area contributed by atoms with Crippen LogP contribution in [0.3, 0.4) is 0 Å². The Bertz CT molecular complexity index is 1150. The van der Waals surface area contributed by atoms with E-state index in [1.807, 2.05) is 0 Å². The minimum Gasteiger partial charge on any atom is -0.477 e. The highest BCUT2D eigenvalue weighted by atomic mass is 32.2. The van der Waals surface area contributed by atoms with Gasteiger partial charge in [0.15, 0.2) is 5.78 Å². The number of aromatic carboxylic acids is 1. The lowest BCUT2D eigenvalue weighted by atomic mass is 10.0. The summed E-state index contributed by atoms with van der Waals surface area (Å²) in [7, 11) is -3.47. The molecule has 1 atom stereocenters. The fourth-order valence-corrected chi connectivity index (χ4v) is 6.26. The standard InChI is InChI=1S/C22H22F3NO5S2/c23-22(24,25)16-4-1-3-15(13-16)14-18(27)7-6-17-10-12-33(30,31)26(17)11-2-5-19-8-9-20(32-19)21(28)29/h1,3-4,6-9,13,17H,2,5,10-12,14H2,(H,28,29)/b7-6+. The number of nitrogens with zero attached hydrogens (tertiary/aromatic N) is 1. The number of halogens is 3. The largest absolute Gasteiger partial charge is 0.477 e. The van der Waals surface area contributed by atoms with Crippen molar-refractivity contribution in [2.45, 2.75) is 37.9 Å². The van der Waals surface area contributed by atoms with Crippen LogP contribution in [0.15, 0.2) is 48.6 Å². The number of hydrogen-bond acceptors (Lipinski definition) is 5. The van der Waals surface area contributed by atoms with Gasteiger partial charge in [-0.15, -0.1) is 11.3 Å². The second kappa shape index (κ2) is 10.2. The second-order valence-corrected chi connectivity index (χ2v) is 10.9. The average molecular weight is 502 g/mol. The monoisotopic (exact) mass is 501 g/mol. The molecule has 6 nitrogen and oxygen atoms in total. The zero-order valence-corrected chi connectivity index (χ0v) is 19.0. The molecule has 0 amide bonds. The van der Waals surface area contributed by atoms with E-state index in [1.54, 1.807) is 6.07 Å². The van der Waals surface area contributed by atoms with Gasteiger partial charge in [0.2, 0.25) is 10.0 Å². The quantitative estimate of drug-likeness (QED) is 0.521. The van der Waals surface area contributed by atoms with Gasteiger partial charge in [-0.05, 0) is 49.1 Å². The number of alkyl halides is 3. The zero-order chi connectivity index (χ0) is 24.2. The number of ketones is 1. The van der Waals surface area contributed by atoms with E-state index < -0.39 is 39.6 Å². The number of sulfonamides is 1. The summed E-state index contributed by atoms with van der Waals surface area (Å²) in [6.45, 7) is 0.222. The summed E-state index contributed by atoms with van der Waals surface area (Å²) in [5.41, 5.74) is -0.599. The molecule has 11 heteroatoms. The van der Waals surface area contributed by atoms with Gasteiger partial charge in [-0.2, -0.15) is 17.5 Å². The molecule has 0 aliphatic carbocycles. The van der Waals surface area contributed by atoms with Crippen molar-refractivity contribution >= 4 is 33.1 Å². The van der Waals surface area contributed by atoms with Crippen LogP contribution in [0.5, 0.6) is 0 Å². The number of benzene rings is 1. The molecule has 0 saturated carbocycles. The molecule has 1 aromatic heterocycles. The van der Waals surface area contributed by atoms with Gasteiger partial charge in [0.1, 0.15) is 4.88 Å². The number of carboxylic acids is 1. The number of aryl methyl sites for hydroxylation is 1. The van der Waals surface area contributed by atoms with Crippen molar-refractivity contribution in [2.75, 3.05) is 12.3 Å². The van der Waals surface area contributed by atoms with Crippen LogP contribution in [-0.2, 0) is 33.8 Å². The highest BCUT2D eigenvalue weighted by Crippen LogP contribution is 2.30. The molecule has 1 saturated heterocycles. The van der Waals surface area contributed by atoms with Crippen LogP contribution in [0.2, 0.25) is 0 Å². The summed E-state index contributed by atoms with van der Waals surface area (Å²) in [6.07, 6.45) is -0.657. The molecule has 1 aromatic carbocycles. The Morgan fingerprint density at radius 1 is 1.21 bits per heavy atom. The predicted molar refractivity (Wildman–Crippen MR) is 118 cm³/mol. The Kier molecular flexibility index (Phi) is 7.76. The van der Waals surface area contributed by atoms with Gasteiger partial charge in [0.05, 0.1) is 11.3 Å². The van der Waals surface area contributed by atoms with Crippen molar-refractivity contribution in [1.29, 1.82) is 0 Å². The third-order valence-corrected chi connectivity index (χ3v) is 8.26. The van der Waals surface area contributed by atoms with Crippen LogP contribution in [-0.4, -0.2) is 47.9 Å². The molecule has 2 aromatic rings. The Labute approximate surface area is 193 Å². The maximum Gasteiger partial charge on any atom is 0.416 e. The Morgan fingerprint density at radius 2 is 1.97 bits per heavy atom. The molecule has 0 radical (unpaired) electrons. The minimum absolute atomic E-state index is 0.0496. The van der Waals surface area contributed by atoms with Crippen molar-refractivity contribution in [3.05, 3.63) is 69.4 Å². The highest BCUT2D eigenvalue weighted by Gasteiger charge is 2.35. The van der Waals surface area contributed by atoms with E-state index in [2.05, 4.69) is 0 Å². The van der Waals surface area contributed by atoms with Crippen LogP contribution in [0.4, 0.5) is 13.2 Å². The van der Waals surface area contributed by atoms with Gasteiger partial charge in [-0.25, -0.2) is 13.2 Å². The third kappa shape index (κ3) is 6.75. The van der Waals surface area contributed by atoms with Gasteiger partial charge in [-0.1, -0.05) is 24.3 Å². The molecule has 33 heavy (non-hydrogen) atoms. The van der Waals surface area contributed by atoms with E-state index in [0.717, 1.165) is 28.3 Å². The number of rotatable bonds is 9. The smallest absolute Gasteiger partial charge is 0.416 e. The molecule has 2 heterocycles. The third-order valence-electron chi connectivity index (χ3n) is 5.21. The number of hydrogen-bond donors (Lipinski definition) is 1. The fourth-order valence-electron chi connectivity index (χ4n) is 3.61. The summed E-state index contributed by atoms with van der Waals surface area (Å²) in [5, 5.41) is 8.98. The lowest BCUT2D eigenvalue weighted by Crippen LogP contribution is -2.33. The highest BCUT2D eigenvalue weighted by molar-refractivity contribution is 7.89. The van der Waals surface area contributed by atoms with Gasteiger partial charge >= 0.3 is 12.1 Å². The van der Waals surface area contributed by atoms with Gasteiger partial charge < -0.3 is 5.11 Å². The maximum atomic E-state index is 12.8.